The van der Waals surface area contributed by atoms with Crippen molar-refractivity contribution >= 4 is 33.1 Å². The molecule has 2 aliphatic rings. The Hall–Kier alpha value is -2.64. The van der Waals surface area contributed by atoms with E-state index >= 15 is 0 Å². The second-order valence-electron chi connectivity index (χ2n) is 7.94. The highest BCUT2D eigenvalue weighted by molar-refractivity contribution is 7.98. The summed E-state index contributed by atoms with van der Waals surface area (Å²) in [5, 5.41) is 0. The Labute approximate surface area is 177 Å². The molecule has 0 aliphatic carbocycles. The molecule has 2 heterocycles. The number of piperidine rings is 1. The molecule has 4 rings (SSSR count). The fourth-order valence-electron chi connectivity index (χ4n) is 4.16. The van der Waals surface area contributed by atoms with E-state index in [0.29, 0.717) is 43.0 Å². The second kappa shape index (κ2) is 7.89. The van der Waals surface area contributed by atoms with Gasteiger partial charge in [0.15, 0.2) is 5.78 Å². The summed E-state index contributed by atoms with van der Waals surface area (Å²) in [6.07, 6.45) is 1.04. The Bertz CT molecular complexity index is 1080. The Morgan fingerprint density at radius 2 is 1.80 bits per heavy atom. The molecule has 1 saturated heterocycles. The van der Waals surface area contributed by atoms with Gasteiger partial charge in [-0.15, -0.1) is 0 Å². The number of amides is 1. The molecule has 1 unspecified atom stereocenters. The van der Waals surface area contributed by atoms with Crippen molar-refractivity contribution in [3.05, 3.63) is 59.2 Å². The van der Waals surface area contributed by atoms with Gasteiger partial charge in [0.2, 0.25) is 0 Å². The zero-order chi connectivity index (χ0) is 21.5. The van der Waals surface area contributed by atoms with Gasteiger partial charge in [-0.05, 0) is 50.8 Å². The third-order valence-electron chi connectivity index (χ3n) is 5.88. The average Bonchev–Trinajstić information content (AvgIpc) is 2.74. The lowest BCUT2D eigenvalue weighted by Gasteiger charge is -2.40. The molecule has 6 nitrogen and oxygen atoms in total. The standard InChI is InChI=1S/C23H26N2O4S/c1-16-4-9-22-19(14-16)15-29-23(27)25(22)20-10-12-24(13-11-20)30(3,28)21-7-5-18(6-8-21)17(2)26/h4-9,14,20H,3,10-13,15H2,1-2H3. The summed E-state index contributed by atoms with van der Waals surface area (Å²) in [5.74, 6) is 3.97. The number of anilines is 1. The lowest BCUT2D eigenvalue weighted by atomic mass is 10.0. The van der Waals surface area contributed by atoms with Gasteiger partial charge in [0.25, 0.3) is 0 Å². The van der Waals surface area contributed by atoms with E-state index in [1.54, 1.807) is 29.2 Å². The van der Waals surface area contributed by atoms with Gasteiger partial charge in [-0.2, -0.15) is 0 Å². The minimum atomic E-state index is -2.65. The fraction of sp³-hybridized carbons (Fsp3) is 0.348. The van der Waals surface area contributed by atoms with Gasteiger partial charge < -0.3 is 4.74 Å². The van der Waals surface area contributed by atoms with Crippen molar-refractivity contribution in [1.82, 2.24) is 4.31 Å². The van der Waals surface area contributed by atoms with Gasteiger partial charge in [-0.25, -0.2) is 13.3 Å². The topological polar surface area (TPSA) is 66.9 Å². The maximum absolute atomic E-state index is 13.4. The van der Waals surface area contributed by atoms with Crippen LogP contribution in [0.3, 0.4) is 0 Å². The summed E-state index contributed by atoms with van der Waals surface area (Å²) < 4.78 is 20.7. The van der Waals surface area contributed by atoms with Gasteiger partial charge in [0.05, 0.1) is 15.4 Å². The van der Waals surface area contributed by atoms with Crippen LogP contribution in [0.25, 0.3) is 0 Å². The Morgan fingerprint density at radius 3 is 2.43 bits per heavy atom. The maximum atomic E-state index is 13.4. The summed E-state index contributed by atoms with van der Waals surface area (Å²) >= 11 is 0. The molecule has 2 aromatic carbocycles. The molecule has 0 spiro atoms. The number of Topliss-reactive ketones (excluding diaryl/α,β-unsaturated/α-hetero) is 1. The minimum absolute atomic E-state index is 0.00852. The molecule has 2 aliphatic heterocycles. The Morgan fingerprint density at radius 1 is 1.13 bits per heavy atom. The van der Waals surface area contributed by atoms with Crippen molar-refractivity contribution in [3.63, 3.8) is 0 Å². The van der Waals surface area contributed by atoms with Crippen LogP contribution in [0.1, 0.15) is 41.3 Å². The first kappa shape index (κ1) is 20.6. The number of aryl methyl sites for hydroxylation is 1. The normalized spacial score (nSPS) is 19.7. The molecule has 0 saturated carbocycles. The number of rotatable bonds is 4. The number of ether oxygens (including phenoxy) is 1. The molecule has 0 N–H and O–H groups in total. The fourth-order valence-corrected chi connectivity index (χ4v) is 5.82. The summed E-state index contributed by atoms with van der Waals surface area (Å²) in [6.45, 7) is 4.95. The van der Waals surface area contributed by atoms with Crippen LogP contribution in [0.5, 0.6) is 0 Å². The molecular weight excluding hydrogens is 400 g/mol. The molecule has 0 bridgehead atoms. The Kier molecular flexibility index (Phi) is 5.42. The van der Waals surface area contributed by atoms with E-state index in [0.717, 1.165) is 16.8 Å². The smallest absolute Gasteiger partial charge is 0.414 e. The predicted molar refractivity (Wildman–Crippen MR) is 118 cm³/mol. The first-order valence-electron chi connectivity index (χ1n) is 10.1. The molecule has 1 atom stereocenters. The van der Waals surface area contributed by atoms with Crippen LogP contribution < -0.4 is 4.90 Å². The first-order chi connectivity index (χ1) is 14.3. The van der Waals surface area contributed by atoms with E-state index in [-0.39, 0.29) is 17.9 Å². The van der Waals surface area contributed by atoms with E-state index in [2.05, 4.69) is 11.9 Å². The number of carbonyl (C=O) groups excluding carboxylic acids is 2. The lowest BCUT2D eigenvalue weighted by Crippen LogP contribution is -2.50. The number of ketones is 1. The molecule has 30 heavy (non-hydrogen) atoms. The number of benzene rings is 2. The lowest BCUT2D eigenvalue weighted by molar-refractivity contribution is 0.101. The third-order valence-corrected chi connectivity index (χ3v) is 8.09. The molecule has 1 amide bonds. The van der Waals surface area contributed by atoms with E-state index in [1.807, 2.05) is 23.4 Å². The minimum Gasteiger partial charge on any atom is -0.444 e. The van der Waals surface area contributed by atoms with Gasteiger partial charge in [-0.1, -0.05) is 29.8 Å². The highest BCUT2D eigenvalue weighted by Gasteiger charge is 2.35. The maximum Gasteiger partial charge on any atom is 0.414 e. The van der Waals surface area contributed by atoms with Crippen molar-refractivity contribution in [1.29, 1.82) is 0 Å². The van der Waals surface area contributed by atoms with E-state index < -0.39 is 9.71 Å². The molecule has 0 radical (unpaired) electrons. The number of carbonyl (C=O) groups is 2. The highest BCUT2D eigenvalue weighted by atomic mass is 32.2. The van der Waals surface area contributed by atoms with Crippen molar-refractivity contribution in [3.8, 4) is 0 Å². The zero-order valence-electron chi connectivity index (χ0n) is 17.3. The molecular formula is C23H26N2O4S. The molecule has 1 fully saturated rings. The summed E-state index contributed by atoms with van der Waals surface area (Å²) in [5.41, 5.74) is 3.65. The second-order valence-corrected chi connectivity index (χ2v) is 10.2. The van der Waals surface area contributed by atoms with Crippen molar-refractivity contribution in [2.75, 3.05) is 18.0 Å². The zero-order valence-corrected chi connectivity index (χ0v) is 18.1. The van der Waals surface area contributed by atoms with Crippen LogP contribution in [-0.4, -0.2) is 45.4 Å². The van der Waals surface area contributed by atoms with Crippen molar-refractivity contribution in [2.45, 2.75) is 44.2 Å². The largest absolute Gasteiger partial charge is 0.444 e. The third kappa shape index (κ3) is 3.75. The van der Waals surface area contributed by atoms with Crippen molar-refractivity contribution in [2.24, 2.45) is 0 Å². The number of hydrogen-bond acceptors (Lipinski definition) is 4. The average molecular weight is 427 g/mol. The van der Waals surface area contributed by atoms with Gasteiger partial charge >= 0.3 is 6.09 Å². The summed E-state index contributed by atoms with van der Waals surface area (Å²) in [6, 6.07) is 12.9. The summed E-state index contributed by atoms with van der Waals surface area (Å²) in [4.78, 5) is 26.4. The van der Waals surface area contributed by atoms with Crippen LogP contribution in [0, 0.1) is 6.92 Å². The van der Waals surface area contributed by atoms with Gasteiger partial charge in [0, 0.05) is 35.2 Å². The first-order valence-corrected chi connectivity index (χ1v) is 11.7. The monoisotopic (exact) mass is 426 g/mol. The number of cyclic esters (lactones) is 1. The van der Waals surface area contributed by atoms with Crippen LogP contribution >= 0.6 is 0 Å². The molecule has 158 valence electrons. The quantitative estimate of drug-likeness (QED) is 0.551. The SMILES string of the molecule is C=S(=O)(c1ccc(C(C)=O)cc1)N1CCC(N2C(=O)OCc3cc(C)ccc32)CC1. The van der Waals surface area contributed by atoms with E-state index in [9.17, 15) is 13.8 Å². The van der Waals surface area contributed by atoms with Crippen molar-refractivity contribution < 1.29 is 18.5 Å². The summed E-state index contributed by atoms with van der Waals surface area (Å²) in [7, 11) is -2.65. The molecule has 7 heteroatoms. The van der Waals surface area contributed by atoms with Crippen LogP contribution in [0.15, 0.2) is 47.4 Å². The van der Waals surface area contributed by atoms with Crippen LogP contribution in [0.4, 0.5) is 10.5 Å². The van der Waals surface area contributed by atoms with Crippen LogP contribution in [0.2, 0.25) is 0 Å². The van der Waals surface area contributed by atoms with Gasteiger partial charge in [-0.3, -0.25) is 9.69 Å². The van der Waals surface area contributed by atoms with Crippen LogP contribution in [-0.2, 0) is 21.1 Å². The number of hydrogen-bond donors (Lipinski definition) is 0. The number of fused-ring (bicyclic) bond motifs is 1. The molecule has 0 aromatic heterocycles. The van der Waals surface area contributed by atoms with Gasteiger partial charge in [0.1, 0.15) is 6.61 Å². The highest BCUT2D eigenvalue weighted by Crippen LogP contribution is 2.33. The van der Waals surface area contributed by atoms with E-state index in [1.165, 1.54) is 6.92 Å². The Balaban J connectivity index is 1.50. The number of nitrogens with zero attached hydrogens (tertiary/aromatic N) is 2. The predicted octanol–water partition coefficient (Wildman–Crippen LogP) is 3.81. The molecule has 2 aromatic rings. The van der Waals surface area contributed by atoms with E-state index in [4.69, 9.17) is 4.74 Å².